The van der Waals surface area contributed by atoms with Crippen molar-refractivity contribution in [3.8, 4) is 0 Å². The van der Waals surface area contributed by atoms with Gasteiger partial charge in [0.15, 0.2) is 0 Å². The number of aromatic nitrogens is 2. The van der Waals surface area contributed by atoms with Gasteiger partial charge >= 0.3 is 11.7 Å². The number of aliphatic imine (C=N–C) groups is 1. The molecule has 1 fully saturated rings. The van der Waals surface area contributed by atoms with Gasteiger partial charge < -0.3 is 14.2 Å². The van der Waals surface area contributed by atoms with Crippen LogP contribution in [0, 0.1) is 6.92 Å². The van der Waals surface area contributed by atoms with Crippen molar-refractivity contribution >= 4 is 33.7 Å². The molecule has 2 heterocycles. The maximum absolute atomic E-state index is 13.3. The summed E-state index contributed by atoms with van der Waals surface area (Å²) in [4.78, 5) is 44.0. The van der Waals surface area contributed by atoms with Crippen LogP contribution >= 0.6 is 11.3 Å². The third-order valence-corrected chi connectivity index (χ3v) is 6.67. The van der Waals surface area contributed by atoms with Crippen LogP contribution in [0.25, 0.3) is 10.2 Å². The lowest BCUT2D eigenvalue weighted by Crippen LogP contribution is -2.47. The molecule has 0 spiro atoms. The van der Waals surface area contributed by atoms with Gasteiger partial charge in [-0.3, -0.25) is 23.7 Å². The van der Waals surface area contributed by atoms with Crippen molar-refractivity contribution in [2.75, 3.05) is 27.4 Å². The van der Waals surface area contributed by atoms with Gasteiger partial charge in [-0.05, 0) is 46.1 Å². The number of aryl methyl sites for hydroxylation is 1. The summed E-state index contributed by atoms with van der Waals surface area (Å²) in [6, 6.07) is -0.179. The Hall–Kier alpha value is -2.30. The second-order valence-corrected chi connectivity index (χ2v) is 9.94. The highest BCUT2D eigenvalue weighted by atomic mass is 32.1. The summed E-state index contributed by atoms with van der Waals surface area (Å²) < 4.78 is 18.7. The summed E-state index contributed by atoms with van der Waals surface area (Å²) in [5.41, 5.74) is -0.465. The average molecular weight is 466 g/mol. The molecule has 9 nitrogen and oxygen atoms in total. The van der Waals surface area contributed by atoms with E-state index in [-0.39, 0.29) is 29.9 Å². The van der Waals surface area contributed by atoms with Crippen LogP contribution in [0.15, 0.2) is 14.6 Å². The molecule has 0 aliphatic heterocycles. The molecule has 1 saturated carbocycles. The summed E-state index contributed by atoms with van der Waals surface area (Å²) in [5, 5.41) is 0.505. The molecule has 0 unspecified atom stereocenters. The molecule has 0 radical (unpaired) electrons. The standard InChI is InChI=1S/C22H31N3O6S/c1-13-16(11-23-12-17(26)31-22(2,3)4)32-20-18(13)19(27)25(14-9-15(10-14)30-6)21(28)24(20)7-8-29-5/h11,14-15H,7-10,12H2,1-6H3. The van der Waals surface area contributed by atoms with E-state index in [0.29, 0.717) is 36.2 Å². The van der Waals surface area contributed by atoms with E-state index in [1.165, 1.54) is 15.9 Å². The average Bonchev–Trinajstić information content (AvgIpc) is 2.98. The number of methoxy groups -OCH3 is 2. The fourth-order valence-electron chi connectivity index (χ4n) is 3.72. The Morgan fingerprint density at radius 1 is 1.25 bits per heavy atom. The predicted molar refractivity (Wildman–Crippen MR) is 124 cm³/mol. The number of ether oxygens (including phenoxy) is 3. The van der Waals surface area contributed by atoms with Crippen molar-refractivity contribution in [3.63, 3.8) is 0 Å². The number of carbonyl (C=O) groups is 1. The van der Waals surface area contributed by atoms with Crippen LogP contribution in [0.1, 0.15) is 50.1 Å². The van der Waals surface area contributed by atoms with Crippen molar-refractivity contribution in [1.29, 1.82) is 0 Å². The zero-order valence-corrected chi connectivity index (χ0v) is 20.3. The summed E-state index contributed by atoms with van der Waals surface area (Å²) in [7, 11) is 3.21. The second-order valence-electron chi connectivity index (χ2n) is 8.91. The SMILES string of the molecule is COCCn1c(=O)n(C2CC(OC)C2)c(=O)c2c(C)c(C=NCC(=O)OC(C)(C)C)sc21. The number of hydrogen-bond acceptors (Lipinski definition) is 8. The lowest BCUT2D eigenvalue weighted by atomic mass is 9.89. The fraction of sp³-hybridized carbons (Fsp3) is 0.636. The quantitative estimate of drug-likeness (QED) is 0.438. The number of esters is 1. The minimum Gasteiger partial charge on any atom is -0.459 e. The second kappa shape index (κ2) is 9.68. The molecule has 32 heavy (non-hydrogen) atoms. The first kappa shape index (κ1) is 24.3. The highest BCUT2D eigenvalue weighted by Crippen LogP contribution is 2.33. The minimum absolute atomic E-state index is 0.0635. The van der Waals surface area contributed by atoms with Crippen LogP contribution in [0.3, 0.4) is 0 Å². The Labute approximate surface area is 190 Å². The summed E-state index contributed by atoms with van der Waals surface area (Å²) >= 11 is 1.31. The topological polar surface area (TPSA) is 101 Å². The van der Waals surface area contributed by atoms with Crippen LogP contribution in [0.2, 0.25) is 0 Å². The third-order valence-electron chi connectivity index (χ3n) is 5.42. The summed E-state index contributed by atoms with van der Waals surface area (Å²) in [6.45, 7) is 7.79. The number of fused-ring (bicyclic) bond motifs is 1. The van der Waals surface area contributed by atoms with Crippen molar-refractivity contribution in [3.05, 3.63) is 31.3 Å². The molecule has 2 aromatic rings. The first-order valence-corrected chi connectivity index (χ1v) is 11.4. The smallest absolute Gasteiger partial charge is 0.332 e. The van der Waals surface area contributed by atoms with Gasteiger partial charge in [0, 0.05) is 26.5 Å². The molecule has 3 rings (SSSR count). The highest BCUT2D eigenvalue weighted by Gasteiger charge is 2.34. The van der Waals surface area contributed by atoms with Gasteiger partial charge in [-0.15, -0.1) is 11.3 Å². The van der Waals surface area contributed by atoms with Crippen LogP contribution in [0.5, 0.6) is 0 Å². The molecule has 2 aromatic heterocycles. The van der Waals surface area contributed by atoms with Gasteiger partial charge in [0.25, 0.3) is 5.56 Å². The third kappa shape index (κ3) is 5.02. The zero-order chi connectivity index (χ0) is 23.6. The van der Waals surface area contributed by atoms with Crippen LogP contribution in [0.4, 0.5) is 0 Å². The molecule has 0 atom stereocenters. The number of rotatable bonds is 8. The van der Waals surface area contributed by atoms with E-state index < -0.39 is 11.6 Å². The molecule has 1 aliphatic carbocycles. The molecular weight excluding hydrogens is 434 g/mol. The van der Waals surface area contributed by atoms with Crippen LogP contribution in [-0.2, 0) is 25.5 Å². The number of thiophene rings is 1. The van der Waals surface area contributed by atoms with E-state index in [2.05, 4.69) is 4.99 Å². The molecule has 0 bridgehead atoms. The lowest BCUT2D eigenvalue weighted by Gasteiger charge is -2.35. The van der Waals surface area contributed by atoms with E-state index in [4.69, 9.17) is 14.2 Å². The summed E-state index contributed by atoms with van der Waals surface area (Å²) in [5.74, 6) is -0.426. The van der Waals surface area contributed by atoms with E-state index in [1.54, 1.807) is 45.8 Å². The van der Waals surface area contributed by atoms with Crippen molar-refractivity contribution in [1.82, 2.24) is 9.13 Å². The highest BCUT2D eigenvalue weighted by molar-refractivity contribution is 7.20. The number of nitrogens with zero attached hydrogens (tertiary/aromatic N) is 3. The molecule has 176 valence electrons. The minimum atomic E-state index is -0.577. The van der Waals surface area contributed by atoms with E-state index in [9.17, 15) is 14.4 Å². The van der Waals surface area contributed by atoms with E-state index in [0.717, 1.165) is 10.4 Å². The van der Waals surface area contributed by atoms with Gasteiger partial charge in [0.1, 0.15) is 17.0 Å². The van der Waals surface area contributed by atoms with Crippen LogP contribution in [-0.4, -0.2) is 60.4 Å². The van der Waals surface area contributed by atoms with Gasteiger partial charge in [-0.25, -0.2) is 4.79 Å². The van der Waals surface area contributed by atoms with Gasteiger partial charge in [0.2, 0.25) is 0 Å². The molecule has 0 N–H and O–H groups in total. The number of hydrogen-bond donors (Lipinski definition) is 0. The Balaban J connectivity index is 2.01. The van der Waals surface area contributed by atoms with E-state index in [1.807, 2.05) is 6.92 Å². The van der Waals surface area contributed by atoms with Crippen molar-refractivity contribution < 1.29 is 19.0 Å². The first-order chi connectivity index (χ1) is 15.1. The van der Waals surface area contributed by atoms with E-state index >= 15 is 0 Å². The van der Waals surface area contributed by atoms with Crippen molar-refractivity contribution in [2.24, 2.45) is 4.99 Å². The molecule has 0 aromatic carbocycles. The fourth-order valence-corrected chi connectivity index (χ4v) is 4.94. The Bertz CT molecular complexity index is 1130. The number of carbonyl (C=O) groups excluding carboxylic acids is 1. The molecule has 10 heteroatoms. The van der Waals surface area contributed by atoms with Crippen molar-refractivity contribution in [2.45, 2.75) is 64.8 Å². The normalized spacial score (nSPS) is 18.9. The predicted octanol–water partition coefficient (Wildman–Crippen LogP) is 2.29. The monoisotopic (exact) mass is 465 g/mol. The van der Waals surface area contributed by atoms with Gasteiger partial charge in [-0.2, -0.15) is 0 Å². The van der Waals surface area contributed by atoms with Gasteiger partial charge in [0.05, 0.1) is 29.5 Å². The van der Waals surface area contributed by atoms with Crippen LogP contribution < -0.4 is 11.2 Å². The molecule has 0 amide bonds. The van der Waals surface area contributed by atoms with Gasteiger partial charge in [-0.1, -0.05) is 0 Å². The maximum Gasteiger partial charge on any atom is 0.332 e. The Kier molecular flexibility index (Phi) is 7.36. The lowest BCUT2D eigenvalue weighted by molar-refractivity contribution is -0.152. The Morgan fingerprint density at radius 2 is 1.94 bits per heavy atom. The molecule has 1 aliphatic rings. The zero-order valence-electron chi connectivity index (χ0n) is 19.5. The summed E-state index contributed by atoms with van der Waals surface area (Å²) in [6.07, 6.45) is 2.90. The molecule has 0 saturated heterocycles. The first-order valence-electron chi connectivity index (χ1n) is 10.6. The maximum atomic E-state index is 13.3. The largest absolute Gasteiger partial charge is 0.459 e. The molecular formula is C22H31N3O6S. The Morgan fingerprint density at radius 3 is 2.53 bits per heavy atom.